The number of carbonyl (C=O) groups excluding carboxylic acids is 2. The highest BCUT2D eigenvalue weighted by atomic mass is 35.5. The minimum atomic E-state index is -0.299. The van der Waals surface area contributed by atoms with Gasteiger partial charge in [0, 0.05) is 35.9 Å². The molecule has 0 aliphatic heterocycles. The van der Waals surface area contributed by atoms with Crippen molar-refractivity contribution in [3.63, 3.8) is 0 Å². The third-order valence-electron chi connectivity index (χ3n) is 4.31. The van der Waals surface area contributed by atoms with Crippen LogP contribution < -0.4 is 5.32 Å². The van der Waals surface area contributed by atoms with Crippen molar-refractivity contribution >= 4 is 35.2 Å². The fourth-order valence-electron chi connectivity index (χ4n) is 2.84. The molecule has 0 aliphatic rings. The van der Waals surface area contributed by atoms with Crippen LogP contribution >= 0.6 is 11.6 Å². The van der Waals surface area contributed by atoms with Crippen LogP contribution in [0.2, 0.25) is 5.02 Å². The van der Waals surface area contributed by atoms with E-state index in [-0.39, 0.29) is 11.8 Å². The van der Waals surface area contributed by atoms with Crippen LogP contribution in [0.5, 0.6) is 0 Å². The van der Waals surface area contributed by atoms with Crippen LogP contribution in [0.3, 0.4) is 0 Å². The zero-order chi connectivity index (χ0) is 20.6. The van der Waals surface area contributed by atoms with Gasteiger partial charge in [0.15, 0.2) is 0 Å². The first-order chi connectivity index (χ1) is 14.0. The Morgan fingerprint density at radius 3 is 2.45 bits per heavy atom. The molecule has 0 fully saturated rings. The molecule has 29 heavy (non-hydrogen) atoms. The number of nitrogens with zero attached hydrogens (tertiary/aromatic N) is 1. The Morgan fingerprint density at radius 1 is 0.966 bits per heavy atom. The van der Waals surface area contributed by atoms with E-state index in [4.69, 9.17) is 11.6 Å². The van der Waals surface area contributed by atoms with Crippen LogP contribution in [-0.2, 0) is 11.3 Å². The summed E-state index contributed by atoms with van der Waals surface area (Å²) in [5, 5.41) is 3.35. The maximum Gasteiger partial charge on any atom is 0.253 e. The molecule has 0 heterocycles. The van der Waals surface area contributed by atoms with E-state index in [0.717, 1.165) is 11.1 Å². The van der Waals surface area contributed by atoms with Crippen molar-refractivity contribution in [1.82, 2.24) is 4.90 Å². The van der Waals surface area contributed by atoms with Gasteiger partial charge in [0.2, 0.25) is 5.91 Å². The lowest BCUT2D eigenvalue weighted by Crippen LogP contribution is -2.26. The van der Waals surface area contributed by atoms with E-state index in [1.54, 1.807) is 48.4 Å². The summed E-state index contributed by atoms with van der Waals surface area (Å²) in [5.41, 5.74) is 2.88. The number of hydrogen-bond donors (Lipinski definition) is 1. The lowest BCUT2D eigenvalue weighted by molar-refractivity contribution is -0.111. The predicted molar refractivity (Wildman–Crippen MR) is 118 cm³/mol. The molecule has 3 aromatic rings. The van der Waals surface area contributed by atoms with E-state index in [2.05, 4.69) is 5.32 Å². The van der Waals surface area contributed by atoms with E-state index in [9.17, 15) is 9.59 Å². The molecule has 4 nitrogen and oxygen atoms in total. The summed E-state index contributed by atoms with van der Waals surface area (Å²) in [5.74, 6) is -0.413. The molecule has 1 N–H and O–H groups in total. The van der Waals surface area contributed by atoms with Crippen molar-refractivity contribution in [2.75, 3.05) is 12.4 Å². The molecule has 0 bridgehead atoms. The number of amides is 2. The van der Waals surface area contributed by atoms with Gasteiger partial charge < -0.3 is 10.2 Å². The molecule has 0 radical (unpaired) electrons. The van der Waals surface area contributed by atoms with Crippen LogP contribution in [0.25, 0.3) is 6.08 Å². The second kappa shape index (κ2) is 9.71. The van der Waals surface area contributed by atoms with E-state index in [1.165, 1.54) is 6.08 Å². The predicted octanol–water partition coefficient (Wildman–Crippen LogP) is 5.26. The summed E-state index contributed by atoms with van der Waals surface area (Å²) in [4.78, 5) is 26.6. The van der Waals surface area contributed by atoms with Gasteiger partial charge in [0.1, 0.15) is 0 Å². The molecule has 3 rings (SSSR count). The maximum atomic E-state index is 12.7. The second-order valence-electron chi connectivity index (χ2n) is 6.57. The molecule has 0 spiro atoms. The molecule has 5 heteroatoms. The molecular formula is C24H21ClN2O2. The van der Waals surface area contributed by atoms with Gasteiger partial charge in [0.05, 0.1) is 0 Å². The van der Waals surface area contributed by atoms with Gasteiger partial charge in [-0.3, -0.25) is 9.59 Å². The highest BCUT2D eigenvalue weighted by Crippen LogP contribution is 2.17. The summed E-state index contributed by atoms with van der Waals surface area (Å²) in [6, 6.07) is 24.0. The van der Waals surface area contributed by atoms with Crippen molar-refractivity contribution in [2.45, 2.75) is 6.54 Å². The normalized spacial score (nSPS) is 10.7. The van der Waals surface area contributed by atoms with Crippen LogP contribution in [0.15, 0.2) is 84.9 Å². The summed E-state index contributed by atoms with van der Waals surface area (Å²) in [6.07, 6.45) is 3.07. The van der Waals surface area contributed by atoms with Crippen LogP contribution in [-0.4, -0.2) is 23.8 Å². The molecule has 0 saturated carbocycles. The fraction of sp³-hybridized carbons (Fsp3) is 0.0833. The maximum absolute atomic E-state index is 12.7. The van der Waals surface area contributed by atoms with Crippen LogP contribution in [0, 0.1) is 0 Å². The first-order valence-electron chi connectivity index (χ1n) is 9.16. The third kappa shape index (κ3) is 5.80. The number of halogens is 1. The summed E-state index contributed by atoms with van der Waals surface area (Å²) < 4.78 is 0. The zero-order valence-electron chi connectivity index (χ0n) is 16.0. The molecule has 3 aromatic carbocycles. The first-order valence-corrected chi connectivity index (χ1v) is 9.54. The summed E-state index contributed by atoms with van der Waals surface area (Å²) >= 11 is 6.09. The average Bonchev–Trinajstić information content (AvgIpc) is 2.73. The Balaban J connectivity index is 1.65. The van der Waals surface area contributed by atoms with Gasteiger partial charge in [-0.05, 0) is 41.5 Å². The summed E-state index contributed by atoms with van der Waals surface area (Å²) in [7, 11) is 1.76. The lowest BCUT2D eigenvalue weighted by atomic mass is 10.1. The molecule has 0 saturated heterocycles. The summed E-state index contributed by atoms with van der Waals surface area (Å²) in [6.45, 7) is 0.511. The van der Waals surface area contributed by atoms with Crippen molar-refractivity contribution in [1.29, 1.82) is 0 Å². The van der Waals surface area contributed by atoms with Crippen molar-refractivity contribution in [3.8, 4) is 0 Å². The molecular weight excluding hydrogens is 384 g/mol. The van der Waals surface area contributed by atoms with Crippen molar-refractivity contribution in [3.05, 3.63) is 107 Å². The minimum Gasteiger partial charge on any atom is -0.337 e. The standard InChI is InChI=1S/C24H21ClN2O2/c1-27(17-18-8-3-2-4-9-18)24(29)20-11-7-12-21(16-20)26-23(28)15-14-19-10-5-6-13-22(19)25/h2-16H,17H2,1H3,(H,26,28)/b15-14+. The lowest BCUT2D eigenvalue weighted by Gasteiger charge is -2.17. The number of benzene rings is 3. The van der Waals surface area contributed by atoms with Gasteiger partial charge in [-0.15, -0.1) is 0 Å². The molecule has 0 unspecified atom stereocenters. The monoisotopic (exact) mass is 404 g/mol. The van der Waals surface area contributed by atoms with Gasteiger partial charge in [-0.25, -0.2) is 0 Å². The molecule has 0 atom stereocenters. The second-order valence-corrected chi connectivity index (χ2v) is 6.98. The Bertz CT molecular complexity index is 1030. The Morgan fingerprint density at radius 2 is 1.69 bits per heavy atom. The van der Waals surface area contributed by atoms with Crippen LogP contribution in [0.4, 0.5) is 5.69 Å². The largest absolute Gasteiger partial charge is 0.337 e. The molecule has 2 amide bonds. The smallest absolute Gasteiger partial charge is 0.253 e. The first kappa shape index (κ1) is 20.4. The van der Waals surface area contributed by atoms with Gasteiger partial charge in [-0.2, -0.15) is 0 Å². The number of anilines is 1. The van der Waals surface area contributed by atoms with E-state index in [1.807, 2.05) is 48.5 Å². The Labute approximate surface area is 175 Å². The minimum absolute atomic E-state index is 0.114. The van der Waals surface area contributed by atoms with Crippen LogP contribution in [0.1, 0.15) is 21.5 Å². The van der Waals surface area contributed by atoms with Gasteiger partial charge in [0.25, 0.3) is 5.91 Å². The topological polar surface area (TPSA) is 49.4 Å². The molecule has 0 aromatic heterocycles. The molecule has 146 valence electrons. The number of nitrogens with one attached hydrogen (secondary N) is 1. The third-order valence-corrected chi connectivity index (χ3v) is 4.65. The Hall–Kier alpha value is -3.37. The van der Waals surface area contributed by atoms with Crippen molar-refractivity contribution in [2.24, 2.45) is 0 Å². The Kier molecular flexibility index (Phi) is 6.82. The number of hydrogen-bond acceptors (Lipinski definition) is 2. The number of carbonyl (C=O) groups is 2. The quantitative estimate of drug-likeness (QED) is 0.569. The average molecular weight is 405 g/mol. The molecule has 0 aliphatic carbocycles. The highest BCUT2D eigenvalue weighted by molar-refractivity contribution is 6.32. The van der Waals surface area contributed by atoms with E-state index < -0.39 is 0 Å². The van der Waals surface area contributed by atoms with Gasteiger partial charge >= 0.3 is 0 Å². The number of rotatable bonds is 6. The van der Waals surface area contributed by atoms with E-state index >= 15 is 0 Å². The SMILES string of the molecule is CN(Cc1ccccc1)C(=O)c1cccc(NC(=O)/C=C/c2ccccc2Cl)c1. The van der Waals surface area contributed by atoms with Gasteiger partial charge in [-0.1, -0.05) is 66.2 Å². The zero-order valence-corrected chi connectivity index (χ0v) is 16.8. The highest BCUT2D eigenvalue weighted by Gasteiger charge is 2.13. The van der Waals surface area contributed by atoms with E-state index in [0.29, 0.717) is 22.8 Å². The van der Waals surface area contributed by atoms with Crippen molar-refractivity contribution < 1.29 is 9.59 Å². The fourth-order valence-corrected chi connectivity index (χ4v) is 3.04.